The average Bonchev–Trinajstić information content (AvgIpc) is 2.46. The Morgan fingerprint density at radius 2 is 2.05 bits per heavy atom. The lowest BCUT2D eigenvalue weighted by Gasteiger charge is -2.20. The normalized spacial score (nSPS) is 13.9. The molecule has 20 heavy (non-hydrogen) atoms. The topological polar surface area (TPSA) is 58.6 Å². The molecule has 0 aliphatic carbocycles. The van der Waals surface area contributed by atoms with Crippen molar-refractivity contribution < 1.29 is 14.6 Å². The summed E-state index contributed by atoms with van der Waals surface area (Å²) in [5.74, 6) is -0.637. The van der Waals surface area contributed by atoms with Gasteiger partial charge in [0.2, 0.25) is 0 Å². The van der Waals surface area contributed by atoms with Crippen molar-refractivity contribution in [2.75, 3.05) is 13.2 Å². The lowest BCUT2D eigenvalue weighted by molar-refractivity contribution is -0.140. The van der Waals surface area contributed by atoms with E-state index in [2.05, 4.69) is 5.32 Å². The maximum absolute atomic E-state index is 11.1. The minimum Gasteiger partial charge on any atom is -0.480 e. The van der Waals surface area contributed by atoms with E-state index in [1.165, 1.54) is 0 Å². The van der Waals surface area contributed by atoms with E-state index in [0.29, 0.717) is 19.8 Å². The van der Waals surface area contributed by atoms with Crippen molar-refractivity contribution in [2.45, 2.75) is 39.3 Å². The van der Waals surface area contributed by atoms with Gasteiger partial charge in [-0.15, -0.1) is 0 Å². The van der Waals surface area contributed by atoms with Crippen LogP contribution in [0.4, 0.5) is 0 Å². The van der Waals surface area contributed by atoms with E-state index in [4.69, 9.17) is 9.84 Å². The van der Waals surface area contributed by atoms with Crippen LogP contribution >= 0.6 is 0 Å². The van der Waals surface area contributed by atoms with E-state index < -0.39 is 12.0 Å². The lowest BCUT2D eigenvalue weighted by Crippen LogP contribution is -2.42. The number of aliphatic carboxylic acids is 1. The fourth-order valence-corrected chi connectivity index (χ4v) is 1.96. The van der Waals surface area contributed by atoms with E-state index in [0.717, 1.165) is 18.4 Å². The number of hydrogen-bond donors (Lipinski definition) is 2. The predicted octanol–water partition coefficient (Wildman–Crippen LogP) is 2.68. The summed E-state index contributed by atoms with van der Waals surface area (Å²) < 4.78 is 5.56. The highest BCUT2D eigenvalue weighted by molar-refractivity contribution is 5.73. The molecule has 2 atom stereocenters. The van der Waals surface area contributed by atoms with Crippen LogP contribution in [0.1, 0.15) is 32.3 Å². The molecule has 1 rings (SSSR count). The Kier molecular flexibility index (Phi) is 7.92. The van der Waals surface area contributed by atoms with Gasteiger partial charge < -0.3 is 15.2 Å². The number of carbonyl (C=O) groups is 1. The molecule has 0 unspecified atom stereocenters. The van der Waals surface area contributed by atoms with Gasteiger partial charge >= 0.3 is 5.97 Å². The third-order valence-corrected chi connectivity index (χ3v) is 3.42. The third kappa shape index (κ3) is 6.17. The number of rotatable bonds is 10. The van der Waals surface area contributed by atoms with Crippen molar-refractivity contribution in [3.63, 3.8) is 0 Å². The Hall–Kier alpha value is -1.39. The number of carboxylic acids is 1. The van der Waals surface area contributed by atoms with Crippen LogP contribution in [0, 0.1) is 5.92 Å². The molecule has 0 aliphatic heterocycles. The summed E-state index contributed by atoms with van der Waals surface area (Å²) in [5, 5.41) is 12.2. The van der Waals surface area contributed by atoms with Crippen LogP contribution < -0.4 is 5.32 Å². The van der Waals surface area contributed by atoms with Gasteiger partial charge in [0.25, 0.3) is 0 Å². The SMILES string of the molecule is CC[C@H](C)[C@H](NCCCOCc1ccccc1)C(=O)O. The van der Waals surface area contributed by atoms with Gasteiger partial charge in [-0.1, -0.05) is 50.6 Å². The van der Waals surface area contributed by atoms with Crippen molar-refractivity contribution in [1.29, 1.82) is 0 Å². The van der Waals surface area contributed by atoms with Crippen molar-refractivity contribution in [3.05, 3.63) is 35.9 Å². The summed E-state index contributed by atoms with van der Waals surface area (Å²) in [6, 6.07) is 9.56. The van der Waals surface area contributed by atoms with Crippen LogP contribution in [0.15, 0.2) is 30.3 Å². The molecule has 0 saturated heterocycles. The van der Waals surface area contributed by atoms with Gasteiger partial charge in [-0.25, -0.2) is 0 Å². The molecule has 0 heterocycles. The van der Waals surface area contributed by atoms with Gasteiger partial charge in [-0.3, -0.25) is 4.79 Å². The number of nitrogens with one attached hydrogen (secondary N) is 1. The molecule has 0 bridgehead atoms. The zero-order valence-electron chi connectivity index (χ0n) is 12.3. The number of hydrogen-bond acceptors (Lipinski definition) is 3. The van der Waals surface area contributed by atoms with Crippen molar-refractivity contribution >= 4 is 5.97 Å². The van der Waals surface area contributed by atoms with Crippen LogP contribution in [0.25, 0.3) is 0 Å². The summed E-state index contributed by atoms with van der Waals surface area (Å²) in [4.78, 5) is 11.1. The number of benzene rings is 1. The van der Waals surface area contributed by atoms with Gasteiger partial charge in [0.15, 0.2) is 0 Å². The van der Waals surface area contributed by atoms with Crippen LogP contribution in [-0.4, -0.2) is 30.3 Å². The Morgan fingerprint density at radius 3 is 2.65 bits per heavy atom. The molecule has 112 valence electrons. The quantitative estimate of drug-likeness (QED) is 0.647. The van der Waals surface area contributed by atoms with Gasteiger partial charge in [-0.2, -0.15) is 0 Å². The molecular weight excluding hydrogens is 254 g/mol. The van der Waals surface area contributed by atoms with E-state index >= 15 is 0 Å². The molecule has 1 aromatic rings. The van der Waals surface area contributed by atoms with E-state index in [1.54, 1.807) is 0 Å². The summed E-state index contributed by atoms with van der Waals surface area (Å²) in [6.07, 6.45) is 1.67. The Balaban J connectivity index is 2.13. The van der Waals surface area contributed by atoms with Crippen LogP contribution in [0.3, 0.4) is 0 Å². The van der Waals surface area contributed by atoms with Crippen LogP contribution in [0.5, 0.6) is 0 Å². The van der Waals surface area contributed by atoms with Crippen LogP contribution in [0.2, 0.25) is 0 Å². The van der Waals surface area contributed by atoms with Crippen molar-refractivity contribution in [1.82, 2.24) is 5.32 Å². The second-order valence-electron chi connectivity index (χ2n) is 5.05. The summed E-state index contributed by atoms with van der Waals surface area (Å²) in [5.41, 5.74) is 1.16. The Bertz CT molecular complexity index is 381. The summed E-state index contributed by atoms with van der Waals surface area (Å²) in [6.45, 7) is 5.86. The van der Waals surface area contributed by atoms with E-state index in [1.807, 2.05) is 44.2 Å². The Labute approximate surface area is 121 Å². The monoisotopic (exact) mass is 279 g/mol. The van der Waals surface area contributed by atoms with Gasteiger partial charge in [0, 0.05) is 6.61 Å². The molecule has 0 aliphatic rings. The first-order valence-corrected chi connectivity index (χ1v) is 7.23. The second-order valence-corrected chi connectivity index (χ2v) is 5.05. The molecule has 2 N–H and O–H groups in total. The minimum atomic E-state index is -0.774. The lowest BCUT2D eigenvalue weighted by atomic mass is 9.99. The Morgan fingerprint density at radius 1 is 1.35 bits per heavy atom. The second kappa shape index (κ2) is 9.50. The zero-order valence-corrected chi connectivity index (χ0v) is 12.3. The highest BCUT2D eigenvalue weighted by Crippen LogP contribution is 2.07. The first-order chi connectivity index (χ1) is 9.65. The summed E-state index contributed by atoms with van der Waals surface area (Å²) in [7, 11) is 0. The maximum Gasteiger partial charge on any atom is 0.320 e. The number of carboxylic acid groups (broad SMARTS) is 1. The molecule has 0 aromatic heterocycles. The molecule has 0 radical (unpaired) electrons. The zero-order chi connectivity index (χ0) is 14.8. The first-order valence-electron chi connectivity index (χ1n) is 7.23. The van der Waals surface area contributed by atoms with Gasteiger partial charge in [0.1, 0.15) is 6.04 Å². The largest absolute Gasteiger partial charge is 0.480 e. The smallest absolute Gasteiger partial charge is 0.320 e. The standard InChI is InChI=1S/C16H25NO3/c1-3-13(2)15(16(18)19)17-10-7-11-20-12-14-8-5-4-6-9-14/h4-6,8-9,13,15,17H,3,7,10-12H2,1-2H3,(H,18,19)/t13-,15-/m0/s1. The van der Waals surface area contributed by atoms with Crippen molar-refractivity contribution in [2.24, 2.45) is 5.92 Å². The molecule has 4 heteroatoms. The fourth-order valence-electron chi connectivity index (χ4n) is 1.96. The van der Waals surface area contributed by atoms with E-state index in [9.17, 15) is 4.79 Å². The van der Waals surface area contributed by atoms with Gasteiger partial charge in [0.05, 0.1) is 6.61 Å². The highest BCUT2D eigenvalue weighted by atomic mass is 16.5. The third-order valence-electron chi connectivity index (χ3n) is 3.42. The average molecular weight is 279 g/mol. The highest BCUT2D eigenvalue weighted by Gasteiger charge is 2.22. The van der Waals surface area contributed by atoms with E-state index in [-0.39, 0.29) is 5.92 Å². The molecular formula is C16H25NO3. The fraction of sp³-hybridized carbons (Fsp3) is 0.562. The predicted molar refractivity (Wildman–Crippen MR) is 79.6 cm³/mol. The molecule has 0 saturated carbocycles. The molecule has 0 spiro atoms. The maximum atomic E-state index is 11.1. The molecule has 1 aromatic carbocycles. The summed E-state index contributed by atoms with van der Waals surface area (Å²) >= 11 is 0. The van der Waals surface area contributed by atoms with Crippen LogP contribution in [-0.2, 0) is 16.1 Å². The van der Waals surface area contributed by atoms with Crippen molar-refractivity contribution in [3.8, 4) is 0 Å². The van der Waals surface area contributed by atoms with Gasteiger partial charge in [-0.05, 0) is 24.4 Å². The minimum absolute atomic E-state index is 0.137. The first kappa shape index (κ1) is 16.7. The molecule has 0 fully saturated rings. The number of ether oxygens (including phenoxy) is 1. The molecule has 0 amide bonds. The molecule has 4 nitrogen and oxygen atoms in total.